The summed E-state index contributed by atoms with van der Waals surface area (Å²) in [5, 5.41) is 27.2. The highest BCUT2D eigenvalue weighted by atomic mass is 15.0. The Balaban J connectivity index is 1.12. The van der Waals surface area contributed by atoms with Gasteiger partial charge in [-0.2, -0.15) is 10.5 Å². The molecule has 11 aromatic rings. The van der Waals surface area contributed by atoms with E-state index in [0.29, 0.717) is 11.1 Å². The summed E-state index contributed by atoms with van der Waals surface area (Å²) in [4.78, 5) is 0. The van der Waals surface area contributed by atoms with E-state index in [1.807, 2.05) is 42.5 Å². The third-order valence-corrected chi connectivity index (χ3v) is 11.1. The van der Waals surface area contributed by atoms with Crippen LogP contribution < -0.4 is 0 Å². The van der Waals surface area contributed by atoms with Crippen LogP contribution in [0.3, 0.4) is 0 Å². The lowest BCUT2D eigenvalue weighted by Gasteiger charge is -2.14. The molecule has 0 spiro atoms. The first-order valence-electron chi connectivity index (χ1n) is 18.3. The van der Waals surface area contributed by atoms with Crippen molar-refractivity contribution in [3.63, 3.8) is 0 Å². The van der Waals surface area contributed by atoms with Crippen LogP contribution in [0.4, 0.5) is 0 Å². The maximum atomic E-state index is 10.4. The first-order chi connectivity index (χ1) is 27.2. The minimum atomic E-state index is 0.593. The van der Waals surface area contributed by atoms with Crippen LogP contribution in [0, 0.1) is 22.7 Å². The molecule has 0 N–H and O–H groups in total. The third kappa shape index (κ3) is 4.51. The number of fused-ring (bicyclic) bond motifs is 9. The number of rotatable bonds is 4. The molecule has 55 heavy (non-hydrogen) atoms. The molecule has 3 aromatic heterocycles. The van der Waals surface area contributed by atoms with Crippen LogP contribution in [-0.4, -0.2) is 13.7 Å². The molecule has 0 bridgehead atoms. The number of nitrogens with zero attached hydrogens (tertiary/aromatic N) is 5. The molecule has 0 aliphatic carbocycles. The molecule has 5 nitrogen and oxygen atoms in total. The lowest BCUT2D eigenvalue weighted by Crippen LogP contribution is -1.98. The highest BCUT2D eigenvalue weighted by molar-refractivity contribution is 6.12. The fourth-order valence-corrected chi connectivity index (χ4v) is 8.72. The van der Waals surface area contributed by atoms with Gasteiger partial charge in [0.15, 0.2) is 0 Å². The molecule has 0 saturated heterocycles. The summed E-state index contributed by atoms with van der Waals surface area (Å²) in [6.45, 7) is 0. The molecule has 0 aliphatic rings. The van der Waals surface area contributed by atoms with Gasteiger partial charge in [0.2, 0.25) is 0 Å². The number of hydrogen-bond donors (Lipinski definition) is 0. The van der Waals surface area contributed by atoms with Gasteiger partial charge in [-0.3, -0.25) is 0 Å². The van der Waals surface area contributed by atoms with Crippen molar-refractivity contribution in [2.24, 2.45) is 0 Å². The Labute approximate surface area is 316 Å². The molecule has 0 aliphatic heterocycles. The number of hydrogen-bond acceptors (Lipinski definition) is 2. The normalized spacial score (nSPS) is 11.6. The second-order valence-corrected chi connectivity index (χ2v) is 14.0. The number of para-hydroxylation sites is 4. The number of benzene rings is 8. The molecule has 5 heteroatoms. The van der Waals surface area contributed by atoms with Crippen LogP contribution in [0.1, 0.15) is 11.1 Å². The lowest BCUT2D eigenvalue weighted by molar-refractivity contribution is 1.15. The molecule has 11 rings (SSSR count). The van der Waals surface area contributed by atoms with Crippen molar-refractivity contribution in [2.75, 3.05) is 0 Å². The van der Waals surface area contributed by atoms with Crippen molar-refractivity contribution in [3.8, 4) is 40.3 Å². The summed E-state index contributed by atoms with van der Waals surface area (Å²) in [6.07, 6.45) is 0. The van der Waals surface area contributed by atoms with E-state index in [0.717, 1.165) is 61.0 Å². The van der Waals surface area contributed by atoms with Gasteiger partial charge in [-0.1, -0.05) is 97.1 Å². The second-order valence-electron chi connectivity index (χ2n) is 14.0. The molecular weight excluding hydrogens is 671 g/mol. The van der Waals surface area contributed by atoms with Crippen molar-refractivity contribution in [1.82, 2.24) is 13.7 Å². The largest absolute Gasteiger partial charge is 0.309 e. The van der Waals surface area contributed by atoms with E-state index in [2.05, 4.69) is 159 Å². The Kier molecular flexibility index (Phi) is 6.61. The smallest absolute Gasteiger partial charge is 0.0998 e. The average Bonchev–Trinajstić information content (AvgIpc) is 3.88. The Morgan fingerprint density at radius 2 is 0.782 bits per heavy atom. The van der Waals surface area contributed by atoms with E-state index in [4.69, 9.17) is 0 Å². The van der Waals surface area contributed by atoms with Gasteiger partial charge in [0.1, 0.15) is 0 Å². The molecule has 0 saturated carbocycles. The Morgan fingerprint density at radius 1 is 0.327 bits per heavy atom. The highest BCUT2D eigenvalue weighted by Gasteiger charge is 2.19. The van der Waals surface area contributed by atoms with Crippen molar-refractivity contribution in [1.29, 1.82) is 10.5 Å². The van der Waals surface area contributed by atoms with Crippen LogP contribution in [0.5, 0.6) is 0 Å². The zero-order valence-corrected chi connectivity index (χ0v) is 29.5. The lowest BCUT2D eigenvalue weighted by atomic mass is 9.99. The summed E-state index contributed by atoms with van der Waals surface area (Å²) in [7, 11) is 0. The van der Waals surface area contributed by atoms with Gasteiger partial charge in [-0.05, 0) is 84.4 Å². The predicted octanol–water partition coefficient (Wildman–Crippen LogP) is 12.4. The van der Waals surface area contributed by atoms with Gasteiger partial charge in [0.05, 0.1) is 56.4 Å². The first-order valence-corrected chi connectivity index (χ1v) is 18.3. The molecule has 8 aromatic carbocycles. The maximum Gasteiger partial charge on any atom is 0.0998 e. The van der Waals surface area contributed by atoms with Gasteiger partial charge in [0.25, 0.3) is 0 Å². The van der Waals surface area contributed by atoms with Gasteiger partial charge >= 0.3 is 0 Å². The molecule has 0 fully saturated rings. The van der Waals surface area contributed by atoms with E-state index in [-0.39, 0.29) is 0 Å². The van der Waals surface area contributed by atoms with E-state index in [1.165, 1.54) is 32.6 Å². The fourth-order valence-electron chi connectivity index (χ4n) is 8.72. The van der Waals surface area contributed by atoms with Crippen LogP contribution in [0.25, 0.3) is 93.6 Å². The van der Waals surface area contributed by atoms with Crippen LogP contribution >= 0.6 is 0 Å². The van der Waals surface area contributed by atoms with Gasteiger partial charge < -0.3 is 13.7 Å². The van der Waals surface area contributed by atoms with Gasteiger partial charge in [0, 0.05) is 54.9 Å². The van der Waals surface area contributed by atoms with Crippen LogP contribution in [0.15, 0.2) is 176 Å². The van der Waals surface area contributed by atoms with Gasteiger partial charge in [-0.15, -0.1) is 0 Å². The number of nitriles is 2. The molecule has 3 heterocycles. The Hall–Kier alpha value is -7.86. The van der Waals surface area contributed by atoms with Crippen LogP contribution in [0.2, 0.25) is 0 Å². The fraction of sp³-hybridized carbons (Fsp3) is 0. The minimum Gasteiger partial charge on any atom is -0.309 e. The third-order valence-electron chi connectivity index (χ3n) is 11.1. The molecule has 254 valence electrons. The summed E-state index contributed by atoms with van der Waals surface area (Å²) in [6, 6.07) is 66.0. The maximum absolute atomic E-state index is 10.4. The van der Waals surface area contributed by atoms with Crippen molar-refractivity contribution in [3.05, 3.63) is 187 Å². The monoisotopic (exact) mass is 699 g/mol. The topological polar surface area (TPSA) is 62.4 Å². The van der Waals surface area contributed by atoms with Crippen molar-refractivity contribution >= 4 is 65.4 Å². The van der Waals surface area contributed by atoms with E-state index >= 15 is 0 Å². The first kappa shape index (κ1) is 30.7. The molecule has 0 atom stereocenters. The average molecular weight is 700 g/mol. The summed E-state index contributed by atoms with van der Waals surface area (Å²) in [5.41, 5.74) is 12.6. The van der Waals surface area contributed by atoms with Crippen LogP contribution in [-0.2, 0) is 0 Å². The molecule has 0 unspecified atom stereocenters. The van der Waals surface area contributed by atoms with E-state index in [1.54, 1.807) is 0 Å². The molecule has 0 radical (unpaired) electrons. The summed E-state index contributed by atoms with van der Waals surface area (Å²) in [5.74, 6) is 0. The Bertz CT molecular complexity index is 3420. The minimum absolute atomic E-state index is 0.593. The summed E-state index contributed by atoms with van der Waals surface area (Å²) >= 11 is 0. The molecular formula is C50H29N5. The zero-order chi connectivity index (χ0) is 36.6. The van der Waals surface area contributed by atoms with E-state index in [9.17, 15) is 10.5 Å². The molecule has 0 amide bonds. The highest BCUT2D eigenvalue weighted by Crippen LogP contribution is 2.39. The van der Waals surface area contributed by atoms with Gasteiger partial charge in [-0.25, -0.2) is 0 Å². The zero-order valence-electron chi connectivity index (χ0n) is 29.5. The standard InChI is InChI=1S/C50H29N5/c51-30-32-20-24-42-40-14-3-8-19-48(40)55(49(42)26-32)36-22-21-34(31-52)44(28-36)33-10-9-11-35(27-33)54-47-18-7-4-15-41(47)43-25-23-37(29-50(43)54)53-45-16-5-1-12-38(45)39-13-2-6-17-46(39)53/h1-29H. The van der Waals surface area contributed by atoms with E-state index < -0.39 is 0 Å². The Morgan fingerprint density at radius 3 is 1.35 bits per heavy atom. The second kappa shape index (κ2) is 11.8. The predicted molar refractivity (Wildman–Crippen MR) is 224 cm³/mol. The van der Waals surface area contributed by atoms with Crippen molar-refractivity contribution < 1.29 is 0 Å². The van der Waals surface area contributed by atoms with Crippen molar-refractivity contribution in [2.45, 2.75) is 0 Å². The SMILES string of the molecule is N#Cc1ccc2c3ccccc3n(-c3ccc(C#N)c(-c4cccc(-n5c6ccccc6c6ccc(-n7c8ccccc8c8ccccc87)cc65)c4)c3)c2c1. The number of aromatic nitrogens is 3. The quantitative estimate of drug-likeness (QED) is 0.184. The summed E-state index contributed by atoms with van der Waals surface area (Å²) < 4.78 is 6.91.